The van der Waals surface area contributed by atoms with Gasteiger partial charge in [-0.2, -0.15) is 0 Å². The van der Waals surface area contributed by atoms with Crippen LogP contribution >= 0.6 is 0 Å². The lowest BCUT2D eigenvalue weighted by atomic mass is 10.4. The first-order valence-electron chi connectivity index (χ1n) is 2.44. The molecule has 0 atom stereocenters. The van der Waals surface area contributed by atoms with Crippen LogP contribution in [0.3, 0.4) is 0 Å². The first kappa shape index (κ1) is 6.92. The highest BCUT2D eigenvalue weighted by molar-refractivity contribution is 4.48. The van der Waals surface area contributed by atoms with E-state index in [2.05, 4.69) is 26.3 Å². The molecule has 0 aromatic heterocycles. The molecule has 0 rings (SSSR count). The summed E-state index contributed by atoms with van der Waals surface area (Å²) in [5.74, 6) is 0. The van der Waals surface area contributed by atoms with Crippen LogP contribution in [0.25, 0.3) is 0 Å². The third kappa shape index (κ3) is 2.60. The molecule has 0 aromatic rings. The van der Waals surface area contributed by atoms with E-state index in [0.29, 0.717) is 6.04 Å². The second kappa shape index (κ2) is 2.99. The molecule has 0 heterocycles. The van der Waals surface area contributed by atoms with Crippen molar-refractivity contribution in [3.63, 3.8) is 0 Å². The molecule has 2 nitrogen and oxygen atoms in total. The molecule has 0 saturated heterocycles. The van der Waals surface area contributed by atoms with E-state index in [4.69, 9.17) is 0 Å². The summed E-state index contributed by atoms with van der Waals surface area (Å²) >= 11 is 0. The Bertz CT molecular complexity index is 43.3. The molecule has 0 fully saturated rings. The molecule has 0 aliphatic carbocycles. The van der Waals surface area contributed by atoms with Gasteiger partial charge in [-0.15, -0.1) is 0 Å². The second-order valence-electron chi connectivity index (χ2n) is 1.86. The first-order valence-corrected chi connectivity index (χ1v) is 2.44. The van der Waals surface area contributed by atoms with E-state index in [1.807, 2.05) is 12.1 Å². The number of rotatable bonds is 2. The minimum Gasteiger partial charge on any atom is -0.254 e. The van der Waals surface area contributed by atoms with Crippen LogP contribution in [-0.2, 0) is 0 Å². The van der Waals surface area contributed by atoms with Gasteiger partial charge < -0.3 is 0 Å². The average molecular weight is 101 g/mol. The van der Waals surface area contributed by atoms with Gasteiger partial charge in [-0.3, -0.25) is 5.43 Å². The van der Waals surface area contributed by atoms with Crippen LogP contribution in [0, 0.1) is 7.05 Å². The predicted octanol–water partition coefficient (Wildman–Crippen LogP) is 0.623. The fraction of sp³-hybridized carbons (Fsp3) is 0.800. The van der Waals surface area contributed by atoms with Gasteiger partial charge in [0, 0.05) is 20.1 Å². The summed E-state index contributed by atoms with van der Waals surface area (Å²) in [4.78, 5) is 0. The molecular formula is C5H13N2. The van der Waals surface area contributed by atoms with Gasteiger partial charge in [0.15, 0.2) is 0 Å². The van der Waals surface area contributed by atoms with Crippen LogP contribution in [0.4, 0.5) is 0 Å². The summed E-state index contributed by atoms with van der Waals surface area (Å²) in [5.41, 5.74) is 2.75. The van der Waals surface area contributed by atoms with Gasteiger partial charge in [0.1, 0.15) is 0 Å². The van der Waals surface area contributed by atoms with E-state index < -0.39 is 0 Å². The molecule has 0 aliphatic rings. The summed E-state index contributed by atoms with van der Waals surface area (Å²) < 4.78 is 0. The lowest BCUT2D eigenvalue weighted by Gasteiger charge is -2.18. The Kier molecular flexibility index (Phi) is 2.96. The van der Waals surface area contributed by atoms with Crippen molar-refractivity contribution in [3.8, 4) is 0 Å². The Morgan fingerprint density at radius 2 is 2.00 bits per heavy atom. The van der Waals surface area contributed by atoms with Crippen molar-refractivity contribution in [1.29, 1.82) is 0 Å². The van der Waals surface area contributed by atoms with E-state index >= 15 is 0 Å². The third-order valence-electron chi connectivity index (χ3n) is 1.02. The Morgan fingerprint density at radius 3 is 2.00 bits per heavy atom. The maximum atomic E-state index is 3.48. The monoisotopic (exact) mass is 101 g/mol. The molecule has 1 N–H and O–H groups in total. The van der Waals surface area contributed by atoms with Gasteiger partial charge in [0.05, 0.1) is 0 Å². The Hall–Kier alpha value is -0.0800. The molecule has 0 spiro atoms. The van der Waals surface area contributed by atoms with Crippen LogP contribution in [0.1, 0.15) is 13.8 Å². The van der Waals surface area contributed by atoms with Crippen LogP contribution in [0.5, 0.6) is 0 Å². The molecule has 2 heteroatoms. The van der Waals surface area contributed by atoms with Crippen molar-refractivity contribution in [1.82, 2.24) is 10.4 Å². The predicted molar refractivity (Wildman–Crippen MR) is 31.4 cm³/mol. The van der Waals surface area contributed by atoms with Crippen molar-refractivity contribution in [2.24, 2.45) is 0 Å². The lowest BCUT2D eigenvalue weighted by molar-refractivity contribution is 0.219. The molecule has 0 amide bonds. The van der Waals surface area contributed by atoms with Gasteiger partial charge in [-0.1, -0.05) is 0 Å². The molecule has 1 radical (unpaired) electrons. The van der Waals surface area contributed by atoms with Crippen LogP contribution in [0.15, 0.2) is 0 Å². The number of hydrazine groups is 1. The largest absolute Gasteiger partial charge is 0.254 e. The number of hydrogen-bond donors (Lipinski definition) is 1. The highest BCUT2D eigenvalue weighted by Crippen LogP contribution is 1.84. The zero-order chi connectivity index (χ0) is 5.86. The summed E-state index contributed by atoms with van der Waals surface area (Å²) in [6.07, 6.45) is 0. The molecule has 0 aromatic carbocycles. The third-order valence-corrected chi connectivity index (χ3v) is 1.02. The number of nitrogens with one attached hydrogen (secondary N) is 1. The highest BCUT2D eigenvalue weighted by atomic mass is 15.5. The fourth-order valence-electron chi connectivity index (χ4n) is 0.183. The summed E-state index contributed by atoms with van der Waals surface area (Å²) in [5, 5.41) is 1.93. The number of hydrogen-bond acceptors (Lipinski definition) is 2. The Balaban J connectivity index is 3.14. The van der Waals surface area contributed by atoms with E-state index in [0.717, 1.165) is 0 Å². The highest BCUT2D eigenvalue weighted by Gasteiger charge is 1.95. The summed E-state index contributed by atoms with van der Waals surface area (Å²) in [6.45, 7) is 4.19. The Labute approximate surface area is 45.5 Å². The van der Waals surface area contributed by atoms with Gasteiger partial charge in [0.2, 0.25) is 0 Å². The van der Waals surface area contributed by atoms with E-state index in [1.165, 1.54) is 0 Å². The molecule has 43 valence electrons. The average Bonchev–Trinajstić information content (AvgIpc) is 1.65. The van der Waals surface area contributed by atoms with Gasteiger partial charge >= 0.3 is 0 Å². The van der Waals surface area contributed by atoms with E-state index in [-0.39, 0.29) is 0 Å². The van der Waals surface area contributed by atoms with Crippen molar-refractivity contribution < 1.29 is 0 Å². The van der Waals surface area contributed by atoms with Gasteiger partial charge in [-0.25, -0.2) is 5.01 Å². The maximum absolute atomic E-state index is 3.48. The first-order chi connectivity index (χ1) is 3.18. The van der Waals surface area contributed by atoms with Crippen molar-refractivity contribution >= 4 is 0 Å². The van der Waals surface area contributed by atoms with Crippen LogP contribution < -0.4 is 5.43 Å². The van der Waals surface area contributed by atoms with Crippen LogP contribution in [0.2, 0.25) is 0 Å². The van der Waals surface area contributed by atoms with Crippen LogP contribution in [-0.4, -0.2) is 18.1 Å². The minimum atomic E-state index is 0.525. The van der Waals surface area contributed by atoms with Gasteiger partial charge in [-0.05, 0) is 13.8 Å². The second-order valence-corrected chi connectivity index (χ2v) is 1.86. The smallest absolute Gasteiger partial charge is 0.0242 e. The molecule has 0 bridgehead atoms. The Morgan fingerprint density at radius 1 is 1.57 bits per heavy atom. The zero-order valence-electron chi connectivity index (χ0n) is 5.23. The summed E-state index contributed by atoms with van der Waals surface area (Å²) in [7, 11) is 5.44. The fourth-order valence-corrected chi connectivity index (χ4v) is 0.183. The topological polar surface area (TPSA) is 15.3 Å². The minimum absolute atomic E-state index is 0.525. The van der Waals surface area contributed by atoms with E-state index in [9.17, 15) is 0 Å². The molecule has 7 heavy (non-hydrogen) atoms. The van der Waals surface area contributed by atoms with Crippen molar-refractivity contribution in [2.75, 3.05) is 7.05 Å². The quantitative estimate of drug-likeness (QED) is 0.513. The van der Waals surface area contributed by atoms with Gasteiger partial charge in [0.25, 0.3) is 0 Å². The normalized spacial score (nSPS) is 11.1. The zero-order valence-corrected chi connectivity index (χ0v) is 5.23. The number of nitrogens with zero attached hydrogens (tertiary/aromatic N) is 1. The van der Waals surface area contributed by atoms with Crippen molar-refractivity contribution in [3.05, 3.63) is 7.05 Å². The molecule has 0 aliphatic heterocycles. The summed E-state index contributed by atoms with van der Waals surface area (Å²) in [6, 6.07) is 0.525. The molecule has 0 unspecified atom stereocenters. The molecule has 0 saturated carbocycles. The molecular weight excluding hydrogens is 88.1 g/mol. The standard InChI is InChI=1S/C5H13N2/c1-5(2)7(4)6-3/h5-6H,3H2,1-2,4H3. The van der Waals surface area contributed by atoms with E-state index in [1.54, 1.807) is 0 Å². The SMILES string of the molecule is [CH2]NN(C)C(C)C. The maximum Gasteiger partial charge on any atom is 0.0242 e. The lowest BCUT2D eigenvalue weighted by Crippen LogP contribution is -2.35. The van der Waals surface area contributed by atoms with Crippen molar-refractivity contribution in [2.45, 2.75) is 19.9 Å².